The van der Waals surface area contributed by atoms with Crippen molar-refractivity contribution in [1.29, 1.82) is 0 Å². The Morgan fingerprint density at radius 2 is 2.00 bits per heavy atom. The molecule has 27 heavy (non-hydrogen) atoms. The van der Waals surface area contributed by atoms with Gasteiger partial charge in [0.05, 0.1) is 19.0 Å². The van der Waals surface area contributed by atoms with E-state index in [4.69, 9.17) is 25.8 Å². The van der Waals surface area contributed by atoms with Crippen molar-refractivity contribution in [2.45, 2.75) is 39.0 Å². The summed E-state index contributed by atoms with van der Waals surface area (Å²) in [7, 11) is 1.73. The van der Waals surface area contributed by atoms with E-state index in [1.165, 1.54) is 0 Å². The molecule has 0 aliphatic heterocycles. The lowest BCUT2D eigenvalue weighted by Crippen LogP contribution is -2.61. The summed E-state index contributed by atoms with van der Waals surface area (Å²) >= 11 is 6.06. The first-order valence-corrected chi connectivity index (χ1v) is 9.41. The average molecular weight is 398 g/mol. The maximum atomic E-state index is 12.7. The van der Waals surface area contributed by atoms with Crippen molar-refractivity contribution in [2.75, 3.05) is 32.2 Å². The molecule has 0 spiro atoms. The maximum Gasteiger partial charge on any atom is 0.316 e. The van der Waals surface area contributed by atoms with Crippen LogP contribution in [0.2, 0.25) is 5.28 Å². The number of nitrogens with one attached hydrogen (secondary N) is 1. The first-order valence-electron chi connectivity index (χ1n) is 9.03. The summed E-state index contributed by atoms with van der Waals surface area (Å²) < 4.78 is 18.9. The van der Waals surface area contributed by atoms with E-state index >= 15 is 0 Å². The van der Waals surface area contributed by atoms with Crippen LogP contribution in [-0.2, 0) is 19.0 Å². The number of esters is 1. The Hall–Kier alpha value is -1.97. The third-order valence-corrected chi connectivity index (χ3v) is 4.83. The average Bonchev–Trinajstić information content (AvgIpc) is 3.02. The lowest BCUT2D eigenvalue weighted by Gasteiger charge is -2.52. The van der Waals surface area contributed by atoms with Gasteiger partial charge in [0, 0.05) is 26.7 Å². The third kappa shape index (κ3) is 3.35. The van der Waals surface area contributed by atoms with E-state index < -0.39 is 11.7 Å². The van der Waals surface area contributed by atoms with Crippen LogP contribution in [0.1, 0.15) is 33.2 Å². The van der Waals surface area contributed by atoms with E-state index in [1.54, 1.807) is 20.3 Å². The van der Waals surface area contributed by atoms with Crippen LogP contribution in [0, 0.1) is 5.92 Å². The van der Waals surface area contributed by atoms with E-state index in [0.29, 0.717) is 36.6 Å². The van der Waals surface area contributed by atoms with Crippen LogP contribution < -0.4 is 5.32 Å². The Balaban J connectivity index is 2.04. The third-order valence-electron chi connectivity index (χ3n) is 4.66. The molecule has 2 aromatic heterocycles. The van der Waals surface area contributed by atoms with Gasteiger partial charge in [0.15, 0.2) is 22.8 Å². The summed E-state index contributed by atoms with van der Waals surface area (Å²) in [5.74, 6) is -1.50. The van der Waals surface area contributed by atoms with Crippen LogP contribution in [0.3, 0.4) is 0 Å². The summed E-state index contributed by atoms with van der Waals surface area (Å²) in [6.07, 6.45) is 2.11. The fraction of sp³-hybridized carbons (Fsp3) is 0.647. The molecule has 2 heterocycles. The predicted octanol–water partition coefficient (Wildman–Crippen LogP) is 2.41. The second-order valence-electron chi connectivity index (χ2n) is 6.09. The molecule has 1 N–H and O–H groups in total. The Kier molecular flexibility index (Phi) is 5.83. The van der Waals surface area contributed by atoms with Gasteiger partial charge in [-0.1, -0.05) is 0 Å². The van der Waals surface area contributed by atoms with Crippen LogP contribution in [0.15, 0.2) is 6.33 Å². The molecule has 0 aromatic carbocycles. The zero-order valence-electron chi connectivity index (χ0n) is 15.9. The van der Waals surface area contributed by atoms with Crippen LogP contribution >= 0.6 is 11.6 Å². The number of hydrogen-bond donors (Lipinski definition) is 1. The zero-order valence-corrected chi connectivity index (χ0v) is 16.6. The van der Waals surface area contributed by atoms with Crippen molar-refractivity contribution in [1.82, 2.24) is 19.5 Å². The minimum Gasteiger partial charge on any atom is -0.466 e. The van der Waals surface area contributed by atoms with Gasteiger partial charge in [0.1, 0.15) is 5.92 Å². The highest BCUT2D eigenvalue weighted by molar-refractivity contribution is 6.28. The van der Waals surface area contributed by atoms with Crippen LogP contribution in [0.5, 0.6) is 0 Å². The number of carbonyl (C=O) groups excluding carboxylic acids is 1. The Labute approximate surface area is 162 Å². The Morgan fingerprint density at radius 1 is 1.30 bits per heavy atom. The molecule has 1 aliphatic rings. The van der Waals surface area contributed by atoms with E-state index in [1.807, 2.05) is 18.4 Å². The molecule has 2 aromatic rings. The molecule has 3 rings (SSSR count). The number of hydrogen-bond acceptors (Lipinski definition) is 8. The van der Waals surface area contributed by atoms with Gasteiger partial charge in [-0.3, -0.25) is 4.79 Å². The highest BCUT2D eigenvalue weighted by Crippen LogP contribution is 2.52. The number of carbonyl (C=O) groups is 1. The number of aromatic nitrogens is 4. The summed E-state index contributed by atoms with van der Waals surface area (Å²) in [4.78, 5) is 25.6. The topological polar surface area (TPSA) is 100 Å². The molecule has 0 saturated heterocycles. The number of fused-ring (bicyclic) bond motifs is 1. The molecule has 1 saturated carbocycles. The maximum absolute atomic E-state index is 12.7. The zero-order chi connectivity index (χ0) is 19.6. The van der Waals surface area contributed by atoms with Gasteiger partial charge in [0.2, 0.25) is 5.28 Å². The Bertz CT molecular complexity index is 821. The molecule has 1 fully saturated rings. The second kappa shape index (κ2) is 7.95. The quantitative estimate of drug-likeness (QED) is 0.411. The highest BCUT2D eigenvalue weighted by atomic mass is 35.5. The second-order valence-corrected chi connectivity index (χ2v) is 6.43. The lowest BCUT2D eigenvalue weighted by molar-refractivity contribution is -0.319. The fourth-order valence-corrected chi connectivity index (χ4v) is 3.80. The Morgan fingerprint density at radius 3 is 2.59 bits per heavy atom. The number of imidazole rings is 1. The molecule has 2 atom stereocenters. The van der Waals surface area contributed by atoms with Crippen LogP contribution in [-0.4, -0.2) is 58.1 Å². The standard InChI is InChI=1S/C17H24ClN5O4/c1-5-25-15(24)11-10(8-17(11,26-6-2)27-7-3)23-9-20-12-13(19-4)21-16(18)22-14(12)23/h9-11H,5-8H2,1-4H3,(H,19,21,22)/t10-,11-/m0/s1. The molecule has 9 nitrogen and oxygen atoms in total. The molecular weight excluding hydrogens is 374 g/mol. The van der Waals surface area contributed by atoms with Crippen molar-refractivity contribution >= 4 is 34.6 Å². The van der Waals surface area contributed by atoms with Gasteiger partial charge < -0.3 is 24.1 Å². The monoisotopic (exact) mass is 397 g/mol. The van der Waals surface area contributed by atoms with Crippen molar-refractivity contribution < 1.29 is 19.0 Å². The van der Waals surface area contributed by atoms with Crippen LogP contribution in [0.25, 0.3) is 11.2 Å². The fourth-order valence-electron chi connectivity index (χ4n) is 3.63. The normalized spacial score (nSPS) is 21.1. The predicted molar refractivity (Wildman–Crippen MR) is 99.6 cm³/mol. The van der Waals surface area contributed by atoms with E-state index in [-0.39, 0.29) is 23.9 Å². The molecular formula is C17H24ClN5O4. The summed E-state index contributed by atoms with van der Waals surface area (Å²) in [5, 5.41) is 3.06. The first-order chi connectivity index (χ1) is 13.0. The SMILES string of the molecule is CCOC(=O)[C@@H]1[C@@H](n2cnc3c(NC)nc(Cl)nc32)CC1(OCC)OCC. The highest BCUT2D eigenvalue weighted by Gasteiger charge is 2.62. The summed E-state index contributed by atoms with van der Waals surface area (Å²) in [6.45, 7) is 6.63. The first kappa shape index (κ1) is 19.8. The summed E-state index contributed by atoms with van der Waals surface area (Å²) in [6, 6.07) is -0.275. The van der Waals surface area contributed by atoms with Crippen molar-refractivity contribution in [3.05, 3.63) is 11.6 Å². The summed E-state index contributed by atoms with van der Waals surface area (Å²) in [5.41, 5.74) is 1.12. The number of ether oxygens (including phenoxy) is 3. The van der Waals surface area contributed by atoms with Crippen molar-refractivity contribution in [3.63, 3.8) is 0 Å². The molecule has 0 bridgehead atoms. The van der Waals surface area contributed by atoms with E-state index in [9.17, 15) is 4.79 Å². The molecule has 1 aliphatic carbocycles. The van der Waals surface area contributed by atoms with Crippen molar-refractivity contribution in [2.24, 2.45) is 5.92 Å². The number of halogens is 1. The lowest BCUT2D eigenvalue weighted by atomic mass is 9.72. The molecule has 0 radical (unpaired) electrons. The van der Waals surface area contributed by atoms with Gasteiger partial charge in [-0.15, -0.1) is 0 Å². The van der Waals surface area contributed by atoms with Gasteiger partial charge >= 0.3 is 5.97 Å². The molecule has 148 valence electrons. The molecule has 0 amide bonds. The minimum absolute atomic E-state index is 0.0986. The molecule has 10 heteroatoms. The number of rotatable bonds is 8. The van der Waals surface area contributed by atoms with E-state index in [0.717, 1.165) is 0 Å². The van der Waals surface area contributed by atoms with Gasteiger partial charge in [-0.25, -0.2) is 4.98 Å². The van der Waals surface area contributed by atoms with Gasteiger partial charge in [-0.2, -0.15) is 9.97 Å². The smallest absolute Gasteiger partial charge is 0.316 e. The van der Waals surface area contributed by atoms with Crippen molar-refractivity contribution in [3.8, 4) is 0 Å². The van der Waals surface area contributed by atoms with E-state index in [2.05, 4.69) is 20.3 Å². The minimum atomic E-state index is -1.01. The van der Waals surface area contributed by atoms with Gasteiger partial charge in [0.25, 0.3) is 0 Å². The molecule has 0 unspecified atom stereocenters. The van der Waals surface area contributed by atoms with Gasteiger partial charge in [-0.05, 0) is 32.4 Å². The number of anilines is 1. The van der Waals surface area contributed by atoms with Crippen LogP contribution in [0.4, 0.5) is 5.82 Å². The number of nitrogens with zero attached hydrogens (tertiary/aromatic N) is 4. The largest absolute Gasteiger partial charge is 0.466 e.